The predicted molar refractivity (Wildman–Crippen MR) is 116 cm³/mol. The number of rotatable bonds is 4. The van der Waals surface area contributed by atoms with Crippen molar-refractivity contribution in [3.8, 4) is 0 Å². The second kappa shape index (κ2) is 9.15. The number of carbonyl (C=O) groups is 1. The van der Waals surface area contributed by atoms with Crippen molar-refractivity contribution in [2.45, 2.75) is 51.6 Å². The second-order valence-electron chi connectivity index (χ2n) is 7.27. The van der Waals surface area contributed by atoms with Gasteiger partial charge in [0, 0.05) is 36.1 Å². The van der Waals surface area contributed by atoms with Crippen LogP contribution in [-0.2, 0) is 4.79 Å². The van der Waals surface area contributed by atoms with Crippen LogP contribution in [0.2, 0.25) is 0 Å². The van der Waals surface area contributed by atoms with Crippen molar-refractivity contribution < 1.29 is 4.79 Å². The van der Waals surface area contributed by atoms with E-state index in [9.17, 15) is 4.79 Å². The summed E-state index contributed by atoms with van der Waals surface area (Å²) in [7, 11) is 0. The molecular formula is C21H28N4OS. The minimum Gasteiger partial charge on any atom is -0.331 e. The minimum absolute atomic E-state index is 0.0537. The fraction of sp³-hybridized carbons (Fsp3) is 0.429. The summed E-state index contributed by atoms with van der Waals surface area (Å²) in [6.45, 7) is 5.27. The minimum atomic E-state index is -0.0537. The van der Waals surface area contributed by atoms with E-state index in [0.29, 0.717) is 23.6 Å². The Morgan fingerprint density at radius 2 is 1.78 bits per heavy atom. The summed E-state index contributed by atoms with van der Waals surface area (Å²) >= 11 is 5.32. The molecule has 2 aromatic carbocycles. The number of hydrazine groups is 1. The third kappa shape index (κ3) is 5.17. The van der Waals surface area contributed by atoms with E-state index in [0.717, 1.165) is 23.0 Å². The first-order chi connectivity index (χ1) is 13.0. The Morgan fingerprint density at radius 3 is 2.56 bits per heavy atom. The molecular weight excluding hydrogens is 356 g/mol. The lowest BCUT2D eigenvalue weighted by Gasteiger charge is -2.38. The first kappa shape index (κ1) is 19.6. The number of amides is 1. The van der Waals surface area contributed by atoms with Crippen molar-refractivity contribution >= 4 is 39.7 Å². The summed E-state index contributed by atoms with van der Waals surface area (Å²) in [5.41, 5.74) is 6.42. The number of fused-ring (bicyclic) bond motifs is 1. The van der Waals surface area contributed by atoms with Crippen LogP contribution in [0, 0.1) is 0 Å². The molecule has 1 heterocycles. The number of carbonyl (C=O) groups excluding carboxylic acids is 1. The van der Waals surface area contributed by atoms with E-state index in [1.54, 1.807) is 0 Å². The number of hydrogen-bond donors (Lipinski definition) is 3. The maximum atomic E-state index is 12.2. The van der Waals surface area contributed by atoms with E-state index in [1.807, 2.05) is 30.3 Å². The fourth-order valence-corrected chi connectivity index (χ4v) is 3.98. The molecule has 2 atom stereocenters. The topological polar surface area (TPSA) is 56.4 Å². The van der Waals surface area contributed by atoms with Crippen molar-refractivity contribution in [3.05, 3.63) is 42.5 Å². The Kier molecular flexibility index (Phi) is 6.63. The van der Waals surface area contributed by atoms with Crippen LogP contribution in [0.1, 0.15) is 39.5 Å². The highest BCUT2D eigenvalue weighted by Gasteiger charge is 2.24. The lowest BCUT2D eigenvalue weighted by atomic mass is 9.97. The molecule has 1 amide bonds. The molecule has 0 saturated carbocycles. The van der Waals surface area contributed by atoms with E-state index < -0.39 is 0 Å². The molecule has 0 aromatic heterocycles. The van der Waals surface area contributed by atoms with Crippen LogP contribution in [0.15, 0.2) is 42.5 Å². The first-order valence-electron chi connectivity index (χ1n) is 9.64. The molecule has 0 aliphatic carbocycles. The molecule has 3 rings (SSSR count). The second-order valence-corrected chi connectivity index (χ2v) is 7.68. The third-order valence-corrected chi connectivity index (χ3v) is 5.53. The van der Waals surface area contributed by atoms with Gasteiger partial charge >= 0.3 is 0 Å². The van der Waals surface area contributed by atoms with Gasteiger partial charge < -0.3 is 5.32 Å². The monoisotopic (exact) mass is 384 g/mol. The Morgan fingerprint density at radius 1 is 1.07 bits per heavy atom. The normalized spacial score (nSPS) is 20.2. The van der Waals surface area contributed by atoms with Gasteiger partial charge in [-0.1, -0.05) is 42.8 Å². The van der Waals surface area contributed by atoms with Gasteiger partial charge in [-0.2, -0.15) is 0 Å². The largest absolute Gasteiger partial charge is 0.331 e. The van der Waals surface area contributed by atoms with Crippen molar-refractivity contribution in [2.75, 3.05) is 11.9 Å². The molecule has 0 radical (unpaired) electrons. The zero-order valence-electron chi connectivity index (χ0n) is 16.0. The van der Waals surface area contributed by atoms with E-state index in [4.69, 9.17) is 12.2 Å². The molecule has 27 heavy (non-hydrogen) atoms. The van der Waals surface area contributed by atoms with Gasteiger partial charge in [-0.05, 0) is 50.4 Å². The summed E-state index contributed by atoms with van der Waals surface area (Å²) in [6, 6.07) is 15.2. The smallest absolute Gasteiger partial charge is 0.239 e. The zero-order valence-corrected chi connectivity index (χ0v) is 16.8. The van der Waals surface area contributed by atoms with Gasteiger partial charge in [0.15, 0.2) is 5.11 Å². The number of nitrogens with zero attached hydrogens (tertiary/aromatic N) is 1. The number of piperidine rings is 1. The van der Waals surface area contributed by atoms with E-state index in [-0.39, 0.29) is 5.91 Å². The predicted octanol–water partition coefficient (Wildman–Crippen LogP) is 3.81. The fourth-order valence-electron chi connectivity index (χ4n) is 3.82. The number of anilines is 1. The van der Waals surface area contributed by atoms with Crippen LogP contribution in [-0.4, -0.2) is 34.5 Å². The molecule has 3 N–H and O–H groups in total. The maximum Gasteiger partial charge on any atom is 0.239 e. The molecule has 0 unspecified atom stereocenters. The summed E-state index contributed by atoms with van der Waals surface area (Å²) in [4.78, 5) is 14.6. The van der Waals surface area contributed by atoms with Crippen molar-refractivity contribution in [3.63, 3.8) is 0 Å². The Balaban J connectivity index is 1.46. The number of nitrogens with one attached hydrogen (secondary N) is 3. The number of benzene rings is 2. The van der Waals surface area contributed by atoms with Gasteiger partial charge in [0.25, 0.3) is 0 Å². The van der Waals surface area contributed by atoms with Gasteiger partial charge in [-0.15, -0.1) is 0 Å². The van der Waals surface area contributed by atoms with Gasteiger partial charge in [0.2, 0.25) is 5.91 Å². The molecule has 1 fully saturated rings. The SMILES string of the molecule is C[C@@H]1CCC[C@H](C)N1CCC(=O)NNC(=S)Nc1cccc2ccccc12. The van der Waals surface area contributed by atoms with Crippen LogP contribution < -0.4 is 16.2 Å². The van der Waals surface area contributed by atoms with Crippen LogP contribution >= 0.6 is 12.2 Å². The highest BCUT2D eigenvalue weighted by Crippen LogP contribution is 2.23. The number of thiocarbonyl (C=S) groups is 1. The van der Waals surface area contributed by atoms with Gasteiger partial charge in [0.05, 0.1) is 0 Å². The maximum absolute atomic E-state index is 12.2. The molecule has 1 aliphatic rings. The Labute approximate surface area is 166 Å². The molecule has 0 spiro atoms. The highest BCUT2D eigenvalue weighted by atomic mass is 32.1. The van der Waals surface area contributed by atoms with Crippen molar-refractivity contribution in [2.24, 2.45) is 0 Å². The molecule has 2 aromatic rings. The number of likely N-dealkylation sites (tertiary alicyclic amines) is 1. The van der Waals surface area contributed by atoms with E-state index in [1.165, 1.54) is 19.3 Å². The van der Waals surface area contributed by atoms with E-state index in [2.05, 4.69) is 47.0 Å². The Hall–Kier alpha value is -2.18. The third-order valence-electron chi connectivity index (χ3n) is 5.33. The van der Waals surface area contributed by atoms with Crippen LogP contribution in [0.5, 0.6) is 0 Å². The summed E-state index contributed by atoms with van der Waals surface area (Å²) in [6.07, 6.45) is 4.16. The molecule has 0 bridgehead atoms. The van der Waals surface area contributed by atoms with Crippen LogP contribution in [0.4, 0.5) is 5.69 Å². The molecule has 5 nitrogen and oxygen atoms in total. The van der Waals surface area contributed by atoms with Crippen molar-refractivity contribution in [1.29, 1.82) is 0 Å². The lowest BCUT2D eigenvalue weighted by Crippen LogP contribution is -2.47. The molecule has 6 heteroatoms. The van der Waals surface area contributed by atoms with Crippen LogP contribution in [0.25, 0.3) is 10.8 Å². The van der Waals surface area contributed by atoms with Gasteiger partial charge in [-0.3, -0.25) is 20.5 Å². The van der Waals surface area contributed by atoms with E-state index >= 15 is 0 Å². The van der Waals surface area contributed by atoms with Gasteiger partial charge in [0.1, 0.15) is 0 Å². The standard InChI is InChI=1S/C21H28N4OS/c1-15-7-5-8-16(2)25(15)14-13-20(26)23-24-21(27)22-19-12-6-10-17-9-3-4-11-18(17)19/h3-4,6,9-12,15-16H,5,7-8,13-14H2,1-2H3,(H,23,26)(H2,22,24,27)/t15-,16+. The summed E-state index contributed by atoms with van der Waals surface area (Å²) in [5.74, 6) is -0.0537. The number of hydrogen-bond acceptors (Lipinski definition) is 3. The summed E-state index contributed by atoms with van der Waals surface area (Å²) < 4.78 is 0. The van der Waals surface area contributed by atoms with Crippen LogP contribution in [0.3, 0.4) is 0 Å². The lowest BCUT2D eigenvalue weighted by molar-refractivity contribution is -0.122. The van der Waals surface area contributed by atoms with Crippen molar-refractivity contribution in [1.82, 2.24) is 15.8 Å². The molecule has 1 aliphatic heterocycles. The molecule has 1 saturated heterocycles. The quantitative estimate of drug-likeness (QED) is 0.553. The average molecular weight is 385 g/mol. The Bertz CT molecular complexity index is 794. The molecule has 144 valence electrons. The van der Waals surface area contributed by atoms with Gasteiger partial charge in [-0.25, -0.2) is 0 Å². The summed E-state index contributed by atoms with van der Waals surface area (Å²) in [5, 5.41) is 5.75. The first-order valence-corrected chi connectivity index (χ1v) is 10.0. The zero-order chi connectivity index (χ0) is 19.2. The average Bonchev–Trinajstić information content (AvgIpc) is 2.66. The highest BCUT2D eigenvalue weighted by molar-refractivity contribution is 7.80.